The Morgan fingerprint density at radius 2 is 2.14 bits per heavy atom. The zero-order valence-corrected chi connectivity index (χ0v) is 14.8. The summed E-state index contributed by atoms with van der Waals surface area (Å²) in [4.78, 5) is 0. The molecule has 1 aromatic rings. The summed E-state index contributed by atoms with van der Waals surface area (Å²) in [6.07, 6.45) is 3.09. The van der Waals surface area contributed by atoms with Crippen LogP contribution in [0.1, 0.15) is 45.6 Å². The summed E-state index contributed by atoms with van der Waals surface area (Å²) in [5.41, 5.74) is 1.06. The van der Waals surface area contributed by atoms with Gasteiger partial charge in [0.05, 0.1) is 0 Å². The maximum Gasteiger partial charge on any atom is 0.252 e. The lowest BCUT2D eigenvalue weighted by molar-refractivity contribution is 0.361. The Morgan fingerprint density at radius 1 is 1.43 bits per heavy atom. The second-order valence-electron chi connectivity index (χ2n) is 6.15. The molecule has 4 nitrogen and oxygen atoms in total. The molecule has 0 bridgehead atoms. The maximum absolute atomic E-state index is 12.8. The van der Waals surface area contributed by atoms with E-state index in [4.69, 9.17) is 0 Å². The Bertz CT molecular complexity index is 548. The van der Waals surface area contributed by atoms with E-state index in [1.807, 2.05) is 11.4 Å². The molecule has 6 heteroatoms. The minimum absolute atomic E-state index is 0.223. The molecule has 2 rings (SSSR count). The van der Waals surface area contributed by atoms with E-state index in [1.54, 1.807) is 4.31 Å². The minimum atomic E-state index is -3.32. The van der Waals surface area contributed by atoms with Gasteiger partial charge < -0.3 is 5.32 Å². The zero-order valence-electron chi connectivity index (χ0n) is 13.1. The number of nitrogens with zero attached hydrogens (tertiary/aromatic N) is 1. The first kappa shape index (κ1) is 16.9. The van der Waals surface area contributed by atoms with Crippen molar-refractivity contribution in [3.8, 4) is 0 Å². The van der Waals surface area contributed by atoms with Crippen LogP contribution in [-0.4, -0.2) is 31.9 Å². The van der Waals surface area contributed by atoms with E-state index in [-0.39, 0.29) is 6.04 Å². The number of thiophene rings is 1. The number of hydrogen-bond acceptors (Lipinski definition) is 4. The lowest BCUT2D eigenvalue weighted by Gasteiger charge is -2.22. The molecule has 0 aromatic carbocycles. The van der Waals surface area contributed by atoms with Gasteiger partial charge in [-0.2, -0.15) is 4.31 Å². The van der Waals surface area contributed by atoms with E-state index < -0.39 is 10.0 Å². The van der Waals surface area contributed by atoms with Crippen molar-refractivity contribution < 1.29 is 8.42 Å². The van der Waals surface area contributed by atoms with Gasteiger partial charge in [0.25, 0.3) is 10.0 Å². The van der Waals surface area contributed by atoms with E-state index in [0.29, 0.717) is 16.7 Å². The van der Waals surface area contributed by atoms with Crippen molar-refractivity contribution in [3.63, 3.8) is 0 Å². The quantitative estimate of drug-likeness (QED) is 0.708. The summed E-state index contributed by atoms with van der Waals surface area (Å²) in [6.45, 7) is 8.58. The molecule has 21 heavy (non-hydrogen) atoms. The Kier molecular flexibility index (Phi) is 5.82. The fourth-order valence-corrected chi connectivity index (χ4v) is 5.46. The molecule has 0 radical (unpaired) electrons. The second kappa shape index (κ2) is 7.22. The summed E-state index contributed by atoms with van der Waals surface area (Å²) >= 11 is 1.35. The summed E-state index contributed by atoms with van der Waals surface area (Å²) < 4.78 is 27.8. The predicted octanol–water partition coefficient (Wildman–Crippen LogP) is 3.06. The maximum atomic E-state index is 12.8. The first-order valence-corrected chi connectivity index (χ1v) is 10.1. The Morgan fingerprint density at radius 3 is 2.71 bits per heavy atom. The Balaban J connectivity index is 2.10. The molecule has 1 fully saturated rings. The van der Waals surface area contributed by atoms with Crippen molar-refractivity contribution in [1.82, 2.24) is 9.62 Å². The SMILES string of the molecule is CCCNCc1csc(S(=O)(=O)N(CC(C)C)C2CC2)c1. The van der Waals surface area contributed by atoms with Crippen molar-refractivity contribution in [2.75, 3.05) is 13.1 Å². The molecule has 1 saturated carbocycles. The molecular formula is C15H26N2O2S2. The molecule has 120 valence electrons. The second-order valence-corrected chi connectivity index (χ2v) is 9.18. The Hall–Kier alpha value is -0.430. The van der Waals surface area contributed by atoms with E-state index in [9.17, 15) is 8.42 Å². The summed E-state index contributed by atoms with van der Waals surface area (Å²) in [5.74, 6) is 0.353. The lowest BCUT2D eigenvalue weighted by Crippen LogP contribution is -2.35. The van der Waals surface area contributed by atoms with Crippen LogP contribution < -0.4 is 5.32 Å². The molecule has 0 unspecified atom stereocenters. The molecule has 1 N–H and O–H groups in total. The summed E-state index contributed by atoms with van der Waals surface area (Å²) in [5, 5.41) is 5.27. The van der Waals surface area contributed by atoms with Crippen LogP contribution in [0.25, 0.3) is 0 Å². The van der Waals surface area contributed by atoms with Crippen LogP contribution in [0.5, 0.6) is 0 Å². The van der Waals surface area contributed by atoms with Gasteiger partial charge in [-0.25, -0.2) is 8.42 Å². The average Bonchev–Trinajstić information content (AvgIpc) is 3.14. The van der Waals surface area contributed by atoms with Crippen molar-refractivity contribution >= 4 is 21.4 Å². The van der Waals surface area contributed by atoms with Gasteiger partial charge in [-0.3, -0.25) is 0 Å². The van der Waals surface area contributed by atoms with Crippen LogP contribution in [0.3, 0.4) is 0 Å². The molecule has 0 atom stereocenters. The fraction of sp³-hybridized carbons (Fsp3) is 0.733. The molecule has 0 amide bonds. The van der Waals surface area contributed by atoms with Crippen molar-refractivity contribution in [2.24, 2.45) is 5.92 Å². The third-order valence-electron chi connectivity index (χ3n) is 3.45. The summed E-state index contributed by atoms with van der Waals surface area (Å²) in [6, 6.07) is 2.06. The minimum Gasteiger partial charge on any atom is -0.313 e. The van der Waals surface area contributed by atoms with Crippen LogP contribution >= 0.6 is 11.3 Å². The van der Waals surface area contributed by atoms with Crippen molar-refractivity contribution in [3.05, 3.63) is 17.0 Å². The van der Waals surface area contributed by atoms with Crippen LogP contribution in [0, 0.1) is 5.92 Å². The standard InChI is InChI=1S/C15H26N2O2S2/c1-4-7-16-9-13-8-15(20-11-13)21(18,19)17(10-12(2)3)14-5-6-14/h8,11-12,14,16H,4-7,9-10H2,1-3H3. The zero-order chi connectivity index (χ0) is 15.5. The highest BCUT2D eigenvalue weighted by Gasteiger charge is 2.38. The van der Waals surface area contributed by atoms with E-state index in [2.05, 4.69) is 26.1 Å². The van der Waals surface area contributed by atoms with Crippen molar-refractivity contribution in [2.45, 2.75) is 56.8 Å². The highest BCUT2D eigenvalue weighted by Crippen LogP contribution is 2.34. The van der Waals surface area contributed by atoms with Crippen LogP contribution in [0.15, 0.2) is 15.7 Å². The van der Waals surface area contributed by atoms with E-state index in [0.717, 1.165) is 37.9 Å². The fourth-order valence-electron chi connectivity index (χ4n) is 2.27. The first-order chi connectivity index (χ1) is 9.95. The van der Waals surface area contributed by atoms with Crippen LogP contribution in [0.4, 0.5) is 0 Å². The van der Waals surface area contributed by atoms with Gasteiger partial charge in [0, 0.05) is 19.1 Å². The number of sulfonamides is 1. The predicted molar refractivity (Wildman–Crippen MR) is 88.1 cm³/mol. The normalized spacial score (nSPS) is 16.0. The Labute approximate surface area is 132 Å². The third kappa shape index (κ3) is 4.52. The van der Waals surface area contributed by atoms with Crippen LogP contribution in [0.2, 0.25) is 0 Å². The first-order valence-electron chi connectivity index (χ1n) is 7.75. The highest BCUT2D eigenvalue weighted by atomic mass is 32.2. The van der Waals surface area contributed by atoms with Gasteiger partial charge in [-0.15, -0.1) is 11.3 Å². The number of nitrogens with one attached hydrogen (secondary N) is 1. The monoisotopic (exact) mass is 330 g/mol. The van der Waals surface area contributed by atoms with Gasteiger partial charge in [0.1, 0.15) is 4.21 Å². The van der Waals surface area contributed by atoms with Gasteiger partial charge in [0.15, 0.2) is 0 Å². The molecular weight excluding hydrogens is 304 g/mol. The molecule has 1 aliphatic rings. The van der Waals surface area contributed by atoms with Crippen LogP contribution in [-0.2, 0) is 16.6 Å². The lowest BCUT2D eigenvalue weighted by atomic mass is 10.2. The third-order valence-corrected chi connectivity index (χ3v) is 6.83. The topological polar surface area (TPSA) is 49.4 Å². The molecule has 1 aromatic heterocycles. The summed E-state index contributed by atoms with van der Waals surface area (Å²) in [7, 11) is -3.32. The van der Waals surface area contributed by atoms with Gasteiger partial charge >= 0.3 is 0 Å². The molecule has 1 heterocycles. The van der Waals surface area contributed by atoms with E-state index in [1.165, 1.54) is 11.3 Å². The molecule has 0 aliphatic heterocycles. The van der Waals surface area contributed by atoms with Crippen molar-refractivity contribution in [1.29, 1.82) is 0 Å². The highest BCUT2D eigenvalue weighted by molar-refractivity contribution is 7.91. The largest absolute Gasteiger partial charge is 0.313 e. The molecule has 0 saturated heterocycles. The van der Waals surface area contributed by atoms with Gasteiger partial charge in [-0.05, 0) is 48.7 Å². The number of rotatable bonds is 9. The van der Waals surface area contributed by atoms with Gasteiger partial charge in [0.2, 0.25) is 0 Å². The number of hydrogen-bond donors (Lipinski definition) is 1. The average molecular weight is 331 g/mol. The molecule has 1 aliphatic carbocycles. The van der Waals surface area contributed by atoms with Gasteiger partial charge in [-0.1, -0.05) is 20.8 Å². The van der Waals surface area contributed by atoms with E-state index >= 15 is 0 Å². The molecule has 0 spiro atoms. The smallest absolute Gasteiger partial charge is 0.252 e.